The van der Waals surface area contributed by atoms with Gasteiger partial charge in [0.15, 0.2) is 0 Å². The van der Waals surface area contributed by atoms with Gasteiger partial charge in [0.1, 0.15) is 0 Å². The average molecular weight is 421 g/mol. The molecule has 4 rings (SSSR count). The molecule has 7 heteroatoms. The SMILES string of the molecule is CCN(CC)C(=O)C1CCCN(c2cccc3c2C(=O)N(Cc2cccnc2)C3=O)C1. The molecule has 1 atom stereocenters. The highest BCUT2D eigenvalue weighted by Crippen LogP contribution is 2.35. The number of piperidine rings is 1. The minimum atomic E-state index is -0.281. The minimum absolute atomic E-state index is 0.0943. The highest BCUT2D eigenvalue weighted by Gasteiger charge is 2.39. The number of benzene rings is 1. The van der Waals surface area contributed by atoms with Crippen molar-refractivity contribution < 1.29 is 14.4 Å². The van der Waals surface area contributed by atoms with Gasteiger partial charge in [0, 0.05) is 38.6 Å². The zero-order chi connectivity index (χ0) is 22.0. The summed E-state index contributed by atoms with van der Waals surface area (Å²) in [6.45, 7) is 6.91. The topological polar surface area (TPSA) is 73.8 Å². The third kappa shape index (κ3) is 3.92. The van der Waals surface area contributed by atoms with Crippen molar-refractivity contribution in [1.82, 2.24) is 14.8 Å². The number of rotatable bonds is 6. The van der Waals surface area contributed by atoms with E-state index in [-0.39, 0.29) is 30.2 Å². The third-order valence-corrected chi connectivity index (χ3v) is 6.23. The number of carbonyl (C=O) groups is 3. The van der Waals surface area contributed by atoms with Crippen LogP contribution >= 0.6 is 0 Å². The summed E-state index contributed by atoms with van der Waals surface area (Å²) in [6.07, 6.45) is 5.05. The first-order valence-electron chi connectivity index (χ1n) is 11.0. The number of hydrogen-bond acceptors (Lipinski definition) is 5. The number of amides is 3. The number of pyridine rings is 1. The van der Waals surface area contributed by atoms with Crippen molar-refractivity contribution in [1.29, 1.82) is 0 Å². The average Bonchev–Trinajstić information content (AvgIpc) is 3.05. The lowest BCUT2D eigenvalue weighted by Crippen LogP contribution is -2.45. The Morgan fingerprint density at radius 3 is 2.65 bits per heavy atom. The van der Waals surface area contributed by atoms with Crippen LogP contribution < -0.4 is 4.90 Å². The van der Waals surface area contributed by atoms with Gasteiger partial charge in [-0.3, -0.25) is 24.3 Å². The molecule has 0 aliphatic carbocycles. The first-order chi connectivity index (χ1) is 15.0. The second-order valence-electron chi connectivity index (χ2n) is 8.05. The molecule has 0 saturated carbocycles. The van der Waals surface area contributed by atoms with E-state index in [1.54, 1.807) is 24.5 Å². The summed E-state index contributed by atoms with van der Waals surface area (Å²) in [5, 5.41) is 0. The quantitative estimate of drug-likeness (QED) is 0.672. The molecule has 1 aromatic carbocycles. The molecule has 2 aliphatic rings. The van der Waals surface area contributed by atoms with Crippen molar-refractivity contribution in [3.63, 3.8) is 0 Å². The van der Waals surface area contributed by atoms with E-state index >= 15 is 0 Å². The van der Waals surface area contributed by atoms with Crippen LogP contribution in [0.4, 0.5) is 5.69 Å². The van der Waals surface area contributed by atoms with E-state index in [2.05, 4.69) is 9.88 Å². The predicted octanol–water partition coefficient (Wildman–Crippen LogP) is 2.96. The second kappa shape index (κ2) is 8.88. The van der Waals surface area contributed by atoms with E-state index in [0.29, 0.717) is 30.8 Å². The number of aromatic nitrogens is 1. The van der Waals surface area contributed by atoms with Crippen LogP contribution in [-0.4, -0.2) is 58.7 Å². The number of anilines is 1. The molecular formula is C24H28N4O3. The highest BCUT2D eigenvalue weighted by atomic mass is 16.2. The lowest BCUT2D eigenvalue weighted by atomic mass is 9.94. The number of nitrogens with zero attached hydrogens (tertiary/aromatic N) is 4. The Morgan fingerprint density at radius 2 is 1.94 bits per heavy atom. The van der Waals surface area contributed by atoms with Gasteiger partial charge < -0.3 is 9.80 Å². The molecule has 2 aromatic rings. The van der Waals surface area contributed by atoms with E-state index < -0.39 is 0 Å². The van der Waals surface area contributed by atoms with Crippen LogP contribution in [0, 0.1) is 5.92 Å². The number of hydrogen-bond donors (Lipinski definition) is 0. The largest absolute Gasteiger partial charge is 0.370 e. The van der Waals surface area contributed by atoms with Crippen LogP contribution in [0.2, 0.25) is 0 Å². The van der Waals surface area contributed by atoms with Crippen molar-refractivity contribution in [2.45, 2.75) is 33.2 Å². The lowest BCUT2D eigenvalue weighted by Gasteiger charge is -2.36. The number of imide groups is 1. The zero-order valence-electron chi connectivity index (χ0n) is 18.1. The van der Waals surface area contributed by atoms with Gasteiger partial charge in [-0.25, -0.2) is 0 Å². The molecular weight excluding hydrogens is 392 g/mol. The monoisotopic (exact) mass is 420 g/mol. The molecule has 1 aromatic heterocycles. The first-order valence-corrected chi connectivity index (χ1v) is 11.0. The van der Waals surface area contributed by atoms with Gasteiger partial charge in [-0.2, -0.15) is 0 Å². The van der Waals surface area contributed by atoms with Crippen molar-refractivity contribution in [3.05, 3.63) is 59.4 Å². The first kappa shape index (κ1) is 21.0. The van der Waals surface area contributed by atoms with Gasteiger partial charge in [-0.15, -0.1) is 0 Å². The van der Waals surface area contributed by atoms with E-state index in [0.717, 1.165) is 30.6 Å². The molecule has 0 spiro atoms. The Kier molecular flexibility index (Phi) is 6.02. The van der Waals surface area contributed by atoms with Crippen LogP contribution in [0.25, 0.3) is 0 Å². The molecule has 1 unspecified atom stereocenters. The van der Waals surface area contributed by atoms with Crippen molar-refractivity contribution in [3.8, 4) is 0 Å². The Balaban J connectivity index is 1.59. The number of fused-ring (bicyclic) bond motifs is 1. The summed E-state index contributed by atoms with van der Waals surface area (Å²) in [7, 11) is 0. The molecule has 0 bridgehead atoms. The van der Waals surface area contributed by atoms with Crippen molar-refractivity contribution in [2.24, 2.45) is 5.92 Å². The minimum Gasteiger partial charge on any atom is -0.370 e. The van der Waals surface area contributed by atoms with E-state index in [4.69, 9.17) is 0 Å². The molecule has 162 valence electrons. The fourth-order valence-corrected chi connectivity index (χ4v) is 4.59. The molecule has 0 N–H and O–H groups in total. The Bertz CT molecular complexity index is 988. The normalized spacial score (nSPS) is 18.3. The maximum absolute atomic E-state index is 13.3. The fraction of sp³-hybridized carbons (Fsp3) is 0.417. The molecule has 0 radical (unpaired) electrons. The summed E-state index contributed by atoms with van der Waals surface area (Å²) in [5.41, 5.74) is 2.44. The van der Waals surface area contributed by atoms with Crippen molar-refractivity contribution >= 4 is 23.4 Å². The van der Waals surface area contributed by atoms with Crippen LogP contribution in [0.3, 0.4) is 0 Å². The van der Waals surface area contributed by atoms with Gasteiger partial charge in [-0.05, 0) is 50.5 Å². The van der Waals surface area contributed by atoms with Crippen LogP contribution in [-0.2, 0) is 11.3 Å². The smallest absolute Gasteiger partial charge is 0.263 e. The van der Waals surface area contributed by atoms with Gasteiger partial charge in [0.2, 0.25) is 5.91 Å². The summed E-state index contributed by atoms with van der Waals surface area (Å²) in [6, 6.07) is 9.07. The lowest BCUT2D eigenvalue weighted by molar-refractivity contribution is -0.135. The predicted molar refractivity (Wildman–Crippen MR) is 118 cm³/mol. The Labute approximate surface area is 182 Å². The second-order valence-corrected chi connectivity index (χ2v) is 8.05. The summed E-state index contributed by atoms with van der Waals surface area (Å²) in [5.74, 6) is -0.485. The van der Waals surface area contributed by atoms with Gasteiger partial charge in [-0.1, -0.05) is 12.1 Å². The molecule has 1 fully saturated rings. The maximum Gasteiger partial charge on any atom is 0.263 e. The van der Waals surface area contributed by atoms with Gasteiger partial charge >= 0.3 is 0 Å². The molecule has 31 heavy (non-hydrogen) atoms. The summed E-state index contributed by atoms with van der Waals surface area (Å²) in [4.78, 5) is 48.5. The molecule has 3 heterocycles. The summed E-state index contributed by atoms with van der Waals surface area (Å²) >= 11 is 0. The van der Waals surface area contributed by atoms with Gasteiger partial charge in [0.25, 0.3) is 11.8 Å². The van der Waals surface area contributed by atoms with Crippen LogP contribution in [0.1, 0.15) is 53.0 Å². The number of carbonyl (C=O) groups excluding carboxylic acids is 3. The van der Waals surface area contributed by atoms with E-state index in [9.17, 15) is 14.4 Å². The Hall–Kier alpha value is -3.22. The third-order valence-electron chi connectivity index (χ3n) is 6.23. The molecule has 7 nitrogen and oxygen atoms in total. The zero-order valence-corrected chi connectivity index (χ0v) is 18.1. The van der Waals surface area contributed by atoms with Crippen molar-refractivity contribution in [2.75, 3.05) is 31.1 Å². The standard InChI is InChI=1S/C24H28N4O3/c1-3-26(4-2)22(29)18-9-7-13-27(16-18)20-11-5-10-19-21(20)24(31)28(23(19)30)15-17-8-6-12-25-14-17/h5-6,8,10-12,14,18H,3-4,7,9,13,15-16H2,1-2H3. The maximum atomic E-state index is 13.3. The van der Waals surface area contributed by atoms with Crippen LogP contribution in [0.5, 0.6) is 0 Å². The van der Waals surface area contributed by atoms with E-state index in [1.807, 2.05) is 36.9 Å². The molecule has 2 aliphatic heterocycles. The van der Waals surface area contributed by atoms with E-state index in [1.165, 1.54) is 4.90 Å². The molecule has 3 amide bonds. The van der Waals surface area contributed by atoms with Gasteiger partial charge in [0.05, 0.1) is 29.3 Å². The van der Waals surface area contributed by atoms with Crippen LogP contribution in [0.15, 0.2) is 42.7 Å². The summed E-state index contributed by atoms with van der Waals surface area (Å²) < 4.78 is 0. The Morgan fingerprint density at radius 1 is 1.13 bits per heavy atom. The molecule has 1 saturated heterocycles. The fourth-order valence-electron chi connectivity index (χ4n) is 4.59. The highest BCUT2D eigenvalue weighted by molar-refractivity contribution is 6.23.